The molecule has 28 heavy (non-hydrogen) atoms. The highest BCUT2D eigenvalue weighted by molar-refractivity contribution is 7.90. The minimum atomic E-state index is -3.55. The average molecular weight is 406 g/mol. The molecule has 1 aliphatic rings. The van der Waals surface area contributed by atoms with Crippen molar-refractivity contribution in [1.82, 2.24) is 0 Å². The van der Waals surface area contributed by atoms with Gasteiger partial charge in [0, 0.05) is 31.0 Å². The maximum Gasteiger partial charge on any atom is 0.229 e. The van der Waals surface area contributed by atoms with E-state index in [1.165, 1.54) is 12.0 Å². The van der Waals surface area contributed by atoms with Crippen molar-refractivity contribution in [2.45, 2.75) is 11.3 Å². The fourth-order valence-corrected chi connectivity index (χ4v) is 3.62. The van der Waals surface area contributed by atoms with Crippen LogP contribution in [0.1, 0.15) is 6.42 Å². The number of carbonyl (C=O) groups excluding carboxylic acids is 2. The molecule has 2 amide bonds. The number of hydrogen-bond donors (Lipinski definition) is 1. The van der Waals surface area contributed by atoms with Gasteiger partial charge in [0.1, 0.15) is 11.6 Å². The lowest BCUT2D eigenvalue weighted by atomic mass is 10.1. The Labute approximate surface area is 162 Å². The molecule has 1 atom stereocenters. The Morgan fingerprint density at radius 1 is 1.25 bits per heavy atom. The fraction of sp³-hybridized carbons (Fsp3) is 0.263. The van der Waals surface area contributed by atoms with E-state index in [4.69, 9.17) is 4.74 Å². The smallest absolute Gasteiger partial charge is 0.229 e. The molecule has 2 aromatic carbocycles. The van der Waals surface area contributed by atoms with Gasteiger partial charge in [-0.1, -0.05) is 6.07 Å². The molecule has 7 nitrogen and oxygen atoms in total. The number of rotatable bonds is 5. The molecule has 0 radical (unpaired) electrons. The van der Waals surface area contributed by atoms with Crippen molar-refractivity contribution in [2.24, 2.45) is 5.92 Å². The third kappa shape index (κ3) is 4.14. The van der Waals surface area contributed by atoms with Crippen molar-refractivity contribution in [3.05, 3.63) is 48.3 Å². The molecule has 0 aliphatic carbocycles. The topological polar surface area (TPSA) is 92.8 Å². The second-order valence-electron chi connectivity index (χ2n) is 6.51. The zero-order chi connectivity index (χ0) is 20.5. The lowest BCUT2D eigenvalue weighted by Gasteiger charge is -2.17. The van der Waals surface area contributed by atoms with Crippen LogP contribution >= 0.6 is 0 Å². The van der Waals surface area contributed by atoms with Gasteiger partial charge in [-0.15, -0.1) is 0 Å². The molecule has 1 aliphatic heterocycles. The lowest BCUT2D eigenvalue weighted by molar-refractivity contribution is -0.122. The minimum absolute atomic E-state index is 0.0313. The van der Waals surface area contributed by atoms with Crippen molar-refractivity contribution < 1.29 is 27.1 Å². The van der Waals surface area contributed by atoms with Gasteiger partial charge >= 0.3 is 0 Å². The van der Waals surface area contributed by atoms with E-state index >= 15 is 0 Å². The highest BCUT2D eigenvalue weighted by Crippen LogP contribution is 2.29. The monoisotopic (exact) mass is 406 g/mol. The second kappa shape index (κ2) is 7.59. The zero-order valence-corrected chi connectivity index (χ0v) is 16.1. The predicted octanol–water partition coefficient (Wildman–Crippen LogP) is 2.23. The van der Waals surface area contributed by atoms with Crippen LogP contribution in [0.2, 0.25) is 0 Å². The van der Waals surface area contributed by atoms with E-state index in [-0.39, 0.29) is 29.5 Å². The number of nitrogens with zero attached hydrogens (tertiary/aromatic N) is 1. The molecule has 1 fully saturated rings. The largest absolute Gasteiger partial charge is 0.497 e. The van der Waals surface area contributed by atoms with Gasteiger partial charge in [-0.2, -0.15) is 0 Å². The van der Waals surface area contributed by atoms with Gasteiger partial charge in [0.05, 0.1) is 23.6 Å². The number of carbonyl (C=O) groups is 2. The van der Waals surface area contributed by atoms with Crippen LogP contribution in [0.3, 0.4) is 0 Å². The fourth-order valence-electron chi connectivity index (χ4n) is 2.98. The summed E-state index contributed by atoms with van der Waals surface area (Å²) < 4.78 is 42.4. The summed E-state index contributed by atoms with van der Waals surface area (Å²) in [6.45, 7) is 0.130. The molecule has 148 valence electrons. The molecular formula is C19H19FN2O5S. The third-order valence-corrected chi connectivity index (χ3v) is 5.59. The highest BCUT2D eigenvalue weighted by atomic mass is 32.2. The number of ether oxygens (including phenoxy) is 1. The average Bonchev–Trinajstić information content (AvgIpc) is 3.04. The first-order valence-corrected chi connectivity index (χ1v) is 10.3. The molecule has 0 bridgehead atoms. The Hall–Kier alpha value is -2.94. The van der Waals surface area contributed by atoms with Crippen LogP contribution in [-0.2, 0) is 19.4 Å². The van der Waals surface area contributed by atoms with E-state index in [2.05, 4.69) is 5.32 Å². The van der Waals surface area contributed by atoms with E-state index in [1.807, 2.05) is 0 Å². The Morgan fingerprint density at radius 3 is 2.68 bits per heavy atom. The minimum Gasteiger partial charge on any atom is -0.497 e. The quantitative estimate of drug-likeness (QED) is 0.769. The summed E-state index contributed by atoms with van der Waals surface area (Å²) in [6, 6.07) is 10.1. The van der Waals surface area contributed by atoms with Crippen molar-refractivity contribution in [2.75, 3.05) is 30.1 Å². The molecule has 3 rings (SSSR count). The van der Waals surface area contributed by atoms with Crippen LogP contribution in [0.25, 0.3) is 0 Å². The van der Waals surface area contributed by atoms with Crippen LogP contribution in [0.15, 0.2) is 47.4 Å². The Balaban J connectivity index is 1.77. The molecule has 1 N–H and O–H groups in total. The Bertz CT molecular complexity index is 1040. The molecule has 9 heteroatoms. The van der Waals surface area contributed by atoms with Crippen LogP contribution in [0.4, 0.5) is 15.8 Å². The number of methoxy groups -OCH3 is 1. The van der Waals surface area contributed by atoms with E-state index in [9.17, 15) is 22.4 Å². The third-order valence-electron chi connectivity index (χ3n) is 4.48. The molecule has 0 saturated carbocycles. The predicted molar refractivity (Wildman–Crippen MR) is 102 cm³/mol. The maximum atomic E-state index is 14.0. The van der Waals surface area contributed by atoms with Gasteiger partial charge in [0.15, 0.2) is 9.84 Å². The Morgan fingerprint density at radius 2 is 2.00 bits per heavy atom. The molecule has 0 aromatic heterocycles. The number of halogens is 1. The normalized spacial score (nSPS) is 16.9. The zero-order valence-electron chi connectivity index (χ0n) is 15.3. The molecule has 1 heterocycles. The molecule has 0 unspecified atom stereocenters. The molecule has 2 aromatic rings. The van der Waals surface area contributed by atoms with Gasteiger partial charge in [0.2, 0.25) is 11.8 Å². The van der Waals surface area contributed by atoms with Crippen molar-refractivity contribution in [1.29, 1.82) is 0 Å². The second-order valence-corrected chi connectivity index (χ2v) is 8.53. The first-order valence-electron chi connectivity index (χ1n) is 8.44. The lowest BCUT2D eigenvalue weighted by Crippen LogP contribution is -2.28. The van der Waals surface area contributed by atoms with Gasteiger partial charge in [0.25, 0.3) is 0 Å². The van der Waals surface area contributed by atoms with Crippen molar-refractivity contribution in [3.8, 4) is 5.75 Å². The number of sulfone groups is 1. The molecule has 0 spiro atoms. The van der Waals surface area contributed by atoms with E-state index in [0.29, 0.717) is 11.4 Å². The summed E-state index contributed by atoms with van der Waals surface area (Å²) in [7, 11) is -2.04. The maximum absolute atomic E-state index is 14.0. The summed E-state index contributed by atoms with van der Waals surface area (Å²) in [6.07, 6.45) is 0.962. The number of amides is 2. The first kappa shape index (κ1) is 19.8. The van der Waals surface area contributed by atoms with Crippen LogP contribution in [0.5, 0.6) is 5.75 Å². The summed E-state index contributed by atoms with van der Waals surface area (Å²) >= 11 is 0. The first-order chi connectivity index (χ1) is 13.2. The summed E-state index contributed by atoms with van der Waals surface area (Å²) in [5.41, 5.74) is 0.366. The van der Waals surface area contributed by atoms with E-state index in [1.54, 1.807) is 24.3 Å². The van der Waals surface area contributed by atoms with Crippen molar-refractivity contribution in [3.63, 3.8) is 0 Å². The highest BCUT2D eigenvalue weighted by Gasteiger charge is 2.35. The number of hydrogen-bond acceptors (Lipinski definition) is 5. The Kier molecular flexibility index (Phi) is 5.37. The summed E-state index contributed by atoms with van der Waals surface area (Å²) in [4.78, 5) is 26.3. The number of benzene rings is 2. The molecular weight excluding hydrogens is 387 g/mol. The summed E-state index contributed by atoms with van der Waals surface area (Å²) in [5, 5.41) is 2.40. The van der Waals surface area contributed by atoms with Gasteiger partial charge in [-0.05, 0) is 30.3 Å². The molecule has 1 saturated heterocycles. The van der Waals surface area contributed by atoms with Crippen LogP contribution < -0.4 is 15.0 Å². The SMILES string of the molecule is COc1cccc(N2C[C@H](C(=O)Nc3cc(S(C)(=O)=O)ccc3F)CC2=O)c1. The van der Waals surface area contributed by atoms with Gasteiger partial charge < -0.3 is 15.0 Å². The van der Waals surface area contributed by atoms with Crippen molar-refractivity contribution >= 4 is 33.0 Å². The number of anilines is 2. The number of nitrogens with one attached hydrogen (secondary N) is 1. The van der Waals surface area contributed by atoms with Crippen LogP contribution in [-0.4, -0.2) is 40.1 Å². The van der Waals surface area contributed by atoms with E-state index < -0.39 is 27.5 Å². The van der Waals surface area contributed by atoms with Gasteiger partial charge in [-0.25, -0.2) is 12.8 Å². The summed E-state index contributed by atoms with van der Waals surface area (Å²) in [5.74, 6) is -1.66. The van der Waals surface area contributed by atoms with Crippen LogP contribution in [0, 0.1) is 11.7 Å². The van der Waals surface area contributed by atoms with Gasteiger partial charge in [-0.3, -0.25) is 9.59 Å². The van der Waals surface area contributed by atoms with E-state index in [0.717, 1.165) is 24.5 Å². The standard InChI is InChI=1S/C19H19FN2O5S/c1-27-14-5-3-4-13(9-14)22-11-12(8-18(22)23)19(24)21-17-10-15(28(2,25)26)6-7-16(17)20/h3-7,9-10,12H,8,11H2,1-2H3,(H,21,24)/t12-/m1/s1.